The first-order valence-electron chi connectivity index (χ1n) is 5.52. The number of hydrogen-bond acceptors (Lipinski definition) is 4. The highest BCUT2D eigenvalue weighted by Gasteiger charge is 2.11. The van der Waals surface area contributed by atoms with E-state index in [9.17, 15) is 9.59 Å². The molecular formula is C13H12N2O4. The molecule has 0 aliphatic carbocycles. The Balaban J connectivity index is 2.43. The summed E-state index contributed by atoms with van der Waals surface area (Å²) in [7, 11) is 1.58. The average molecular weight is 260 g/mol. The van der Waals surface area contributed by atoms with Crippen molar-refractivity contribution in [1.29, 1.82) is 0 Å². The van der Waals surface area contributed by atoms with Crippen LogP contribution in [0.2, 0.25) is 0 Å². The van der Waals surface area contributed by atoms with Gasteiger partial charge < -0.3 is 14.4 Å². The monoisotopic (exact) mass is 260 g/mol. The Kier molecular flexibility index (Phi) is 3.33. The highest BCUT2D eigenvalue weighted by molar-refractivity contribution is 5.88. The van der Waals surface area contributed by atoms with Crippen molar-refractivity contribution in [2.24, 2.45) is 7.05 Å². The van der Waals surface area contributed by atoms with Crippen LogP contribution in [0.4, 0.5) is 0 Å². The molecule has 0 atom stereocenters. The second-order valence-electron chi connectivity index (χ2n) is 4.04. The second kappa shape index (κ2) is 4.93. The zero-order chi connectivity index (χ0) is 14.0. The standard InChI is InChI=1S/C13H12N2O4/c1-8-3-4-9(13(17)18)7-10(8)19-11-12(16)15(2)6-5-14-11/h3-7H,1-2H3,(H,17,18). The van der Waals surface area contributed by atoms with Gasteiger partial charge in [0, 0.05) is 19.4 Å². The van der Waals surface area contributed by atoms with Crippen molar-refractivity contribution in [1.82, 2.24) is 9.55 Å². The Morgan fingerprint density at radius 3 is 2.84 bits per heavy atom. The average Bonchev–Trinajstić information content (AvgIpc) is 2.37. The largest absolute Gasteiger partial charge is 0.478 e. The van der Waals surface area contributed by atoms with Crippen LogP contribution >= 0.6 is 0 Å². The van der Waals surface area contributed by atoms with Gasteiger partial charge in [-0.25, -0.2) is 9.78 Å². The Morgan fingerprint density at radius 1 is 1.42 bits per heavy atom. The minimum absolute atomic E-state index is 0.0874. The lowest BCUT2D eigenvalue weighted by molar-refractivity contribution is 0.0696. The van der Waals surface area contributed by atoms with E-state index < -0.39 is 5.97 Å². The maximum Gasteiger partial charge on any atom is 0.335 e. The van der Waals surface area contributed by atoms with Gasteiger partial charge in [-0.05, 0) is 24.6 Å². The van der Waals surface area contributed by atoms with Crippen LogP contribution in [0, 0.1) is 6.92 Å². The fraction of sp³-hybridized carbons (Fsp3) is 0.154. The molecule has 2 aromatic rings. The molecule has 1 aromatic carbocycles. The highest BCUT2D eigenvalue weighted by atomic mass is 16.5. The van der Waals surface area contributed by atoms with Crippen LogP contribution in [0.15, 0.2) is 35.4 Å². The van der Waals surface area contributed by atoms with E-state index in [4.69, 9.17) is 9.84 Å². The lowest BCUT2D eigenvalue weighted by Crippen LogP contribution is -2.18. The lowest BCUT2D eigenvalue weighted by atomic mass is 10.1. The topological polar surface area (TPSA) is 81.4 Å². The number of benzene rings is 1. The summed E-state index contributed by atoms with van der Waals surface area (Å²) in [6.45, 7) is 1.76. The molecular weight excluding hydrogens is 248 g/mol. The maximum atomic E-state index is 11.8. The molecule has 1 N–H and O–H groups in total. The second-order valence-corrected chi connectivity index (χ2v) is 4.04. The van der Waals surface area contributed by atoms with Crippen molar-refractivity contribution >= 4 is 5.97 Å². The van der Waals surface area contributed by atoms with Gasteiger partial charge in [-0.15, -0.1) is 0 Å². The predicted octanol–water partition coefficient (Wildman–Crippen LogP) is 1.58. The van der Waals surface area contributed by atoms with Crippen molar-refractivity contribution < 1.29 is 14.6 Å². The molecule has 0 saturated heterocycles. The Morgan fingerprint density at radius 2 is 2.16 bits per heavy atom. The Hall–Kier alpha value is -2.63. The summed E-state index contributed by atoms with van der Waals surface area (Å²) in [4.78, 5) is 26.5. The molecule has 98 valence electrons. The van der Waals surface area contributed by atoms with E-state index in [1.54, 1.807) is 20.0 Å². The van der Waals surface area contributed by atoms with Gasteiger partial charge >= 0.3 is 11.5 Å². The molecule has 0 unspecified atom stereocenters. The molecule has 0 aliphatic rings. The minimum Gasteiger partial charge on any atom is -0.478 e. The zero-order valence-corrected chi connectivity index (χ0v) is 10.5. The molecule has 6 heteroatoms. The summed E-state index contributed by atoms with van der Waals surface area (Å²) in [5.41, 5.74) is 0.425. The quantitative estimate of drug-likeness (QED) is 0.906. The third-order valence-electron chi connectivity index (χ3n) is 2.63. The van der Waals surface area contributed by atoms with Gasteiger partial charge in [0.2, 0.25) is 0 Å². The molecule has 1 heterocycles. The molecule has 0 spiro atoms. The first-order valence-corrected chi connectivity index (χ1v) is 5.52. The fourth-order valence-electron chi connectivity index (χ4n) is 1.49. The number of nitrogens with zero attached hydrogens (tertiary/aromatic N) is 2. The smallest absolute Gasteiger partial charge is 0.335 e. The van der Waals surface area contributed by atoms with Gasteiger partial charge in [0.25, 0.3) is 5.88 Å². The van der Waals surface area contributed by atoms with Crippen molar-refractivity contribution in [2.45, 2.75) is 6.92 Å². The van der Waals surface area contributed by atoms with E-state index in [1.807, 2.05) is 0 Å². The van der Waals surface area contributed by atoms with Crippen molar-refractivity contribution in [3.63, 3.8) is 0 Å². The lowest BCUT2D eigenvalue weighted by Gasteiger charge is -2.08. The van der Waals surface area contributed by atoms with Gasteiger partial charge in [-0.2, -0.15) is 0 Å². The first kappa shape index (κ1) is 12.8. The molecule has 0 fully saturated rings. The van der Waals surface area contributed by atoms with Crippen LogP contribution in [0.1, 0.15) is 15.9 Å². The zero-order valence-electron chi connectivity index (χ0n) is 10.5. The van der Waals surface area contributed by atoms with E-state index in [0.717, 1.165) is 5.56 Å². The number of rotatable bonds is 3. The number of carbonyl (C=O) groups is 1. The molecule has 19 heavy (non-hydrogen) atoms. The normalized spacial score (nSPS) is 10.2. The summed E-state index contributed by atoms with van der Waals surface area (Å²) in [5.74, 6) is -0.842. The molecule has 0 aliphatic heterocycles. The van der Waals surface area contributed by atoms with E-state index in [0.29, 0.717) is 5.75 Å². The fourth-order valence-corrected chi connectivity index (χ4v) is 1.49. The number of carboxylic acid groups (broad SMARTS) is 1. The molecule has 1 aromatic heterocycles. The van der Waals surface area contributed by atoms with Gasteiger partial charge in [-0.3, -0.25) is 4.79 Å². The first-order chi connectivity index (χ1) is 8.99. The molecule has 6 nitrogen and oxygen atoms in total. The van der Waals surface area contributed by atoms with Crippen molar-refractivity contribution in [2.75, 3.05) is 0 Å². The third-order valence-corrected chi connectivity index (χ3v) is 2.63. The summed E-state index contributed by atoms with van der Waals surface area (Å²) < 4.78 is 6.74. The van der Waals surface area contributed by atoms with Gasteiger partial charge in [0.1, 0.15) is 5.75 Å². The number of aromatic carboxylic acids is 1. The van der Waals surface area contributed by atoms with Gasteiger partial charge in [0.15, 0.2) is 0 Å². The minimum atomic E-state index is -1.06. The van der Waals surface area contributed by atoms with Crippen LogP contribution in [-0.2, 0) is 7.05 Å². The SMILES string of the molecule is Cc1ccc(C(=O)O)cc1Oc1nccn(C)c1=O. The third kappa shape index (κ3) is 2.62. The van der Waals surface area contributed by atoms with E-state index in [1.165, 1.54) is 29.1 Å². The number of aryl methyl sites for hydroxylation is 2. The maximum absolute atomic E-state index is 11.8. The van der Waals surface area contributed by atoms with Crippen molar-refractivity contribution in [3.05, 3.63) is 52.1 Å². The number of carboxylic acids is 1. The number of ether oxygens (including phenoxy) is 1. The molecule has 2 rings (SSSR count). The van der Waals surface area contributed by atoms with Crippen LogP contribution in [-0.4, -0.2) is 20.6 Å². The van der Waals surface area contributed by atoms with Gasteiger partial charge in [0.05, 0.1) is 5.56 Å². The summed E-state index contributed by atoms with van der Waals surface area (Å²) in [6.07, 6.45) is 2.95. The van der Waals surface area contributed by atoms with Crippen LogP contribution in [0.5, 0.6) is 11.6 Å². The molecule has 0 radical (unpaired) electrons. The molecule has 0 saturated carbocycles. The van der Waals surface area contributed by atoms with Crippen molar-refractivity contribution in [3.8, 4) is 11.6 Å². The van der Waals surface area contributed by atoms with E-state index in [2.05, 4.69) is 4.98 Å². The number of aromatic nitrogens is 2. The van der Waals surface area contributed by atoms with E-state index >= 15 is 0 Å². The van der Waals surface area contributed by atoms with Crippen LogP contribution in [0.25, 0.3) is 0 Å². The number of hydrogen-bond donors (Lipinski definition) is 1. The molecule has 0 bridgehead atoms. The Bertz CT molecular complexity index is 691. The van der Waals surface area contributed by atoms with Crippen LogP contribution < -0.4 is 10.3 Å². The highest BCUT2D eigenvalue weighted by Crippen LogP contribution is 2.23. The molecule has 0 amide bonds. The predicted molar refractivity (Wildman–Crippen MR) is 67.7 cm³/mol. The Labute approximate surface area is 108 Å². The van der Waals surface area contributed by atoms with Gasteiger partial charge in [-0.1, -0.05) is 6.07 Å². The summed E-state index contributed by atoms with van der Waals surface area (Å²) in [5, 5.41) is 8.93. The summed E-state index contributed by atoms with van der Waals surface area (Å²) in [6, 6.07) is 4.46. The van der Waals surface area contributed by atoms with E-state index in [-0.39, 0.29) is 17.0 Å². The summed E-state index contributed by atoms with van der Waals surface area (Å²) >= 11 is 0. The van der Waals surface area contributed by atoms with Crippen LogP contribution in [0.3, 0.4) is 0 Å².